The summed E-state index contributed by atoms with van der Waals surface area (Å²) in [5, 5.41) is 12.2. The third-order valence-electron chi connectivity index (χ3n) is 5.03. The van der Waals surface area contributed by atoms with Crippen LogP contribution in [0.5, 0.6) is 0 Å². The fourth-order valence-corrected chi connectivity index (χ4v) is 6.15. The summed E-state index contributed by atoms with van der Waals surface area (Å²) in [6.07, 6.45) is 1.89. The normalized spacial score (nSPS) is 20.0. The Morgan fingerprint density at radius 3 is 2.61 bits per heavy atom. The number of thioether (sulfide) groups is 2. The van der Waals surface area contributed by atoms with E-state index in [4.69, 9.17) is 0 Å². The van der Waals surface area contributed by atoms with Crippen LogP contribution >= 0.6 is 23.5 Å². The lowest BCUT2D eigenvalue weighted by molar-refractivity contribution is -0.150. The van der Waals surface area contributed by atoms with E-state index in [1.54, 1.807) is 6.08 Å². The number of carbonyl (C=O) groups excluding carboxylic acids is 2. The molecule has 0 aromatic heterocycles. The molecule has 2 atom stereocenters. The van der Waals surface area contributed by atoms with Gasteiger partial charge in [-0.1, -0.05) is 72.9 Å². The number of nitrogens with one attached hydrogen (secondary N) is 1. The summed E-state index contributed by atoms with van der Waals surface area (Å²) in [4.78, 5) is 40.0. The predicted molar refractivity (Wildman–Crippen MR) is 122 cm³/mol. The molecule has 2 aliphatic rings. The topological polar surface area (TPSA) is 86.7 Å². The highest BCUT2D eigenvalue weighted by Crippen LogP contribution is 2.45. The standard InChI is InChI=1S/C23H20N2O4S2/c1-2-15-10-6-7-11-16(15)31-17-13-30-22-19(21(27)25(22)20(17)23(28)29)24-18(26)12-14-8-4-3-5-9-14/h2-11,19,22H,1,12-13H2,(H,24,26)(H,28,29)/t19-,22+/m1/s1. The average molecular weight is 453 g/mol. The SMILES string of the molecule is C=Cc1ccccc1SC1=C(C(=O)O)N2C(=O)[C@@H](NC(=O)Cc3ccccc3)[C@@H]2SC1. The van der Waals surface area contributed by atoms with Crippen LogP contribution in [0, 0.1) is 0 Å². The number of carboxylic acid groups (broad SMARTS) is 1. The van der Waals surface area contributed by atoms with Gasteiger partial charge in [-0.25, -0.2) is 4.79 Å². The Morgan fingerprint density at radius 2 is 1.90 bits per heavy atom. The van der Waals surface area contributed by atoms with Crippen molar-refractivity contribution in [3.8, 4) is 0 Å². The minimum absolute atomic E-state index is 0.00817. The van der Waals surface area contributed by atoms with Gasteiger partial charge in [0.2, 0.25) is 5.91 Å². The summed E-state index contributed by atoms with van der Waals surface area (Å²) in [5.41, 5.74) is 1.75. The second-order valence-corrected chi connectivity index (χ2v) is 9.28. The van der Waals surface area contributed by atoms with Crippen molar-refractivity contribution in [3.05, 3.63) is 82.9 Å². The molecule has 2 aliphatic heterocycles. The van der Waals surface area contributed by atoms with Gasteiger partial charge in [-0.2, -0.15) is 0 Å². The molecule has 31 heavy (non-hydrogen) atoms. The van der Waals surface area contributed by atoms with Crippen LogP contribution in [0.25, 0.3) is 6.08 Å². The first kappa shape index (κ1) is 21.3. The summed E-state index contributed by atoms with van der Waals surface area (Å²) in [5.74, 6) is -1.36. The number of carboxylic acids is 1. The fraction of sp³-hybridized carbons (Fsp3) is 0.174. The molecule has 2 heterocycles. The van der Waals surface area contributed by atoms with Crippen molar-refractivity contribution < 1.29 is 19.5 Å². The number of rotatable bonds is 7. The second kappa shape index (κ2) is 9.03. The predicted octanol–water partition coefficient (Wildman–Crippen LogP) is 3.36. The van der Waals surface area contributed by atoms with Gasteiger partial charge >= 0.3 is 5.97 Å². The Hall–Kier alpha value is -2.97. The molecule has 1 saturated heterocycles. The summed E-state index contributed by atoms with van der Waals surface area (Å²) >= 11 is 2.79. The molecular formula is C23H20N2O4S2. The third-order valence-corrected chi connectivity index (χ3v) is 7.67. The number of benzene rings is 2. The van der Waals surface area contributed by atoms with Crippen molar-refractivity contribution in [1.29, 1.82) is 0 Å². The largest absolute Gasteiger partial charge is 0.477 e. The lowest BCUT2D eigenvalue weighted by Gasteiger charge is -2.49. The maximum atomic E-state index is 12.8. The summed E-state index contributed by atoms with van der Waals surface area (Å²) in [7, 11) is 0. The van der Waals surface area contributed by atoms with Crippen LogP contribution < -0.4 is 5.32 Å². The molecule has 1 fully saturated rings. The lowest BCUT2D eigenvalue weighted by atomic mass is 10.0. The molecule has 158 valence electrons. The number of fused-ring (bicyclic) bond motifs is 1. The highest BCUT2D eigenvalue weighted by Gasteiger charge is 2.54. The number of carbonyl (C=O) groups is 3. The highest BCUT2D eigenvalue weighted by molar-refractivity contribution is 8.06. The van der Waals surface area contributed by atoms with Crippen LogP contribution in [0.3, 0.4) is 0 Å². The van der Waals surface area contributed by atoms with Crippen molar-refractivity contribution >= 4 is 47.4 Å². The zero-order valence-electron chi connectivity index (χ0n) is 16.5. The summed E-state index contributed by atoms with van der Waals surface area (Å²) in [6, 6.07) is 16.1. The maximum Gasteiger partial charge on any atom is 0.353 e. The van der Waals surface area contributed by atoms with Crippen LogP contribution in [-0.4, -0.2) is 45.0 Å². The van der Waals surface area contributed by atoms with Crippen LogP contribution in [0.15, 0.2) is 76.7 Å². The van der Waals surface area contributed by atoms with E-state index in [-0.39, 0.29) is 18.0 Å². The van der Waals surface area contributed by atoms with E-state index in [0.717, 1.165) is 16.0 Å². The van der Waals surface area contributed by atoms with E-state index in [1.165, 1.54) is 28.4 Å². The van der Waals surface area contributed by atoms with Gasteiger partial charge in [0.15, 0.2) is 0 Å². The maximum absolute atomic E-state index is 12.8. The van der Waals surface area contributed by atoms with E-state index < -0.39 is 23.3 Å². The molecule has 0 unspecified atom stereocenters. The Morgan fingerprint density at radius 1 is 1.19 bits per heavy atom. The molecule has 2 N–H and O–H groups in total. The number of amides is 2. The zero-order chi connectivity index (χ0) is 22.0. The van der Waals surface area contributed by atoms with Crippen molar-refractivity contribution in [2.75, 3.05) is 5.75 Å². The molecular weight excluding hydrogens is 432 g/mol. The van der Waals surface area contributed by atoms with E-state index >= 15 is 0 Å². The minimum atomic E-state index is -1.15. The Balaban J connectivity index is 1.51. The van der Waals surface area contributed by atoms with Crippen molar-refractivity contribution in [2.45, 2.75) is 22.7 Å². The van der Waals surface area contributed by atoms with E-state index in [9.17, 15) is 19.5 Å². The van der Waals surface area contributed by atoms with Gasteiger partial charge < -0.3 is 10.4 Å². The first-order valence-electron chi connectivity index (χ1n) is 9.63. The van der Waals surface area contributed by atoms with E-state index in [1.807, 2.05) is 54.6 Å². The molecule has 0 aliphatic carbocycles. The second-order valence-electron chi connectivity index (χ2n) is 7.04. The van der Waals surface area contributed by atoms with Gasteiger partial charge in [0.05, 0.1) is 6.42 Å². The van der Waals surface area contributed by atoms with Crippen LogP contribution in [-0.2, 0) is 20.8 Å². The molecule has 0 spiro atoms. The van der Waals surface area contributed by atoms with E-state index in [0.29, 0.717) is 10.7 Å². The zero-order valence-corrected chi connectivity index (χ0v) is 18.1. The molecule has 6 nitrogen and oxygen atoms in total. The molecule has 8 heteroatoms. The van der Waals surface area contributed by atoms with Crippen molar-refractivity contribution in [1.82, 2.24) is 10.2 Å². The Bertz CT molecular complexity index is 1080. The van der Waals surface area contributed by atoms with Crippen LogP contribution in [0.4, 0.5) is 0 Å². The third kappa shape index (κ3) is 4.26. The first-order chi connectivity index (χ1) is 15.0. The molecule has 2 aromatic carbocycles. The first-order valence-corrected chi connectivity index (χ1v) is 11.5. The number of hydrogen-bond donors (Lipinski definition) is 2. The molecule has 0 saturated carbocycles. The number of hydrogen-bond acceptors (Lipinski definition) is 5. The molecule has 0 radical (unpaired) electrons. The van der Waals surface area contributed by atoms with Gasteiger partial charge in [-0.15, -0.1) is 11.8 Å². The minimum Gasteiger partial charge on any atom is -0.477 e. The Kier molecular flexibility index (Phi) is 6.20. The van der Waals surface area contributed by atoms with Crippen molar-refractivity contribution in [3.63, 3.8) is 0 Å². The fourth-order valence-electron chi connectivity index (χ4n) is 3.55. The quantitative estimate of drug-likeness (QED) is 0.627. The number of aliphatic carboxylic acids is 1. The van der Waals surface area contributed by atoms with Crippen LogP contribution in [0.1, 0.15) is 11.1 Å². The number of nitrogens with zero attached hydrogens (tertiary/aromatic N) is 1. The van der Waals surface area contributed by atoms with Crippen LogP contribution in [0.2, 0.25) is 0 Å². The molecule has 2 aromatic rings. The molecule has 0 bridgehead atoms. The summed E-state index contributed by atoms with van der Waals surface area (Å²) in [6.45, 7) is 3.80. The molecule has 4 rings (SSSR count). The monoisotopic (exact) mass is 452 g/mol. The smallest absolute Gasteiger partial charge is 0.353 e. The van der Waals surface area contributed by atoms with Gasteiger partial charge in [-0.05, 0) is 17.2 Å². The Labute approximate surface area is 188 Å². The van der Waals surface area contributed by atoms with Gasteiger partial charge in [0.25, 0.3) is 5.91 Å². The summed E-state index contributed by atoms with van der Waals surface area (Å²) < 4.78 is 0. The lowest BCUT2D eigenvalue weighted by Crippen LogP contribution is -2.70. The molecule has 2 amide bonds. The highest BCUT2D eigenvalue weighted by atomic mass is 32.2. The number of β-lactam (4-membered cyclic amide) rings is 1. The van der Waals surface area contributed by atoms with Crippen molar-refractivity contribution in [2.24, 2.45) is 0 Å². The van der Waals surface area contributed by atoms with E-state index in [2.05, 4.69) is 11.9 Å². The van der Waals surface area contributed by atoms with Gasteiger partial charge in [-0.3, -0.25) is 14.5 Å². The van der Waals surface area contributed by atoms with Gasteiger partial charge in [0, 0.05) is 15.6 Å². The average Bonchev–Trinajstić information content (AvgIpc) is 2.78. The van der Waals surface area contributed by atoms with Gasteiger partial charge in [0.1, 0.15) is 17.1 Å².